The third-order valence-corrected chi connectivity index (χ3v) is 3.77. The van der Waals surface area contributed by atoms with Crippen LogP contribution in [0.5, 0.6) is 0 Å². The molecule has 2 rings (SSSR count). The lowest BCUT2D eigenvalue weighted by molar-refractivity contribution is -0.122. The summed E-state index contributed by atoms with van der Waals surface area (Å²) in [6.07, 6.45) is 2.04. The Kier molecular flexibility index (Phi) is 6.10. The molecule has 1 atom stereocenters. The number of carbonyl (C=O) groups is 1. The van der Waals surface area contributed by atoms with Crippen LogP contribution in [0, 0.1) is 5.92 Å². The second-order valence-corrected chi connectivity index (χ2v) is 6.47. The van der Waals surface area contributed by atoms with Crippen LogP contribution in [-0.2, 0) is 11.3 Å². The molecule has 0 aliphatic carbocycles. The molecule has 0 saturated heterocycles. The molecule has 1 aromatic carbocycles. The highest BCUT2D eigenvalue weighted by Crippen LogP contribution is 2.23. The zero-order valence-corrected chi connectivity index (χ0v) is 14.4. The summed E-state index contributed by atoms with van der Waals surface area (Å²) in [4.78, 5) is 13.3. The van der Waals surface area contributed by atoms with Crippen LogP contribution in [0.4, 0.5) is 0 Å². The first-order chi connectivity index (χ1) is 11.0. The number of rotatable bonds is 7. The molecule has 1 N–H and O–H groups in total. The van der Waals surface area contributed by atoms with Gasteiger partial charge in [0.2, 0.25) is 11.7 Å². The van der Waals surface area contributed by atoms with Gasteiger partial charge in [-0.2, -0.15) is 4.80 Å². The third kappa shape index (κ3) is 5.32. The Bertz CT molecular complexity index is 655. The van der Waals surface area contributed by atoms with Gasteiger partial charge in [0.1, 0.15) is 6.54 Å². The Morgan fingerprint density at radius 3 is 2.70 bits per heavy atom. The summed E-state index contributed by atoms with van der Waals surface area (Å²) in [7, 11) is 0. The normalized spacial score (nSPS) is 12.4. The van der Waals surface area contributed by atoms with Crippen molar-refractivity contribution < 1.29 is 4.79 Å². The van der Waals surface area contributed by atoms with Crippen molar-refractivity contribution in [2.24, 2.45) is 5.92 Å². The van der Waals surface area contributed by atoms with Gasteiger partial charge in [0.25, 0.3) is 0 Å². The van der Waals surface area contributed by atoms with Gasteiger partial charge in [-0.15, -0.1) is 10.2 Å². The van der Waals surface area contributed by atoms with E-state index in [1.54, 1.807) is 6.07 Å². The summed E-state index contributed by atoms with van der Waals surface area (Å²) < 4.78 is 0. The highest BCUT2D eigenvalue weighted by Gasteiger charge is 2.13. The fraction of sp³-hybridized carbons (Fsp3) is 0.500. The number of nitrogens with one attached hydrogen (secondary N) is 1. The molecule has 1 amide bonds. The van der Waals surface area contributed by atoms with Crippen LogP contribution in [0.15, 0.2) is 24.3 Å². The molecule has 0 radical (unpaired) electrons. The summed E-state index contributed by atoms with van der Waals surface area (Å²) in [6, 6.07) is 7.41. The first-order valence-electron chi connectivity index (χ1n) is 7.77. The average molecular weight is 336 g/mol. The number of tetrazole rings is 1. The SMILES string of the molecule is CC(C)CC[C@@H](C)NC(=O)Cn1nnc(-c2ccccc2Cl)n1. The van der Waals surface area contributed by atoms with Crippen LogP contribution < -0.4 is 5.32 Å². The molecular formula is C16H22ClN5O. The van der Waals surface area contributed by atoms with Crippen LogP contribution in [0.3, 0.4) is 0 Å². The summed E-state index contributed by atoms with van der Waals surface area (Å²) in [5, 5.41) is 15.6. The van der Waals surface area contributed by atoms with Gasteiger partial charge in [-0.25, -0.2) is 0 Å². The Labute approximate surface area is 141 Å². The molecule has 0 unspecified atom stereocenters. The van der Waals surface area contributed by atoms with Crippen molar-refractivity contribution in [3.05, 3.63) is 29.3 Å². The first kappa shape index (κ1) is 17.4. The lowest BCUT2D eigenvalue weighted by Crippen LogP contribution is -2.35. The van der Waals surface area contributed by atoms with Crippen molar-refractivity contribution in [1.29, 1.82) is 0 Å². The number of carbonyl (C=O) groups excluding carboxylic acids is 1. The smallest absolute Gasteiger partial charge is 0.243 e. The van der Waals surface area contributed by atoms with Gasteiger partial charge in [0.05, 0.1) is 5.02 Å². The molecule has 1 heterocycles. The number of nitrogens with zero attached hydrogens (tertiary/aromatic N) is 4. The minimum atomic E-state index is -0.121. The van der Waals surface area contributed by atoms with E-state index in [-0.39, 0.29) is 18.5 Å². The molecular weight excluding hydrogens is 314 g/mol. The second-order valence-electron chi connectivity index (χ2n) is 6.06. The first-order valence-corrected chi connectivity index (χ1v) is 8.15. The predicted octanol–water partition coefficient (Wildman–Crippen LogP) is 2.93. The largest absolute Gasteiger partial charge is 0.352 e. The third-order valence-electron chi connectivity index (χ3n) is 3.44. The van der Waals surface area contributed by atoms with Crippen LogP contribution in [0.25, 0.3) is 11.4 Å². The summed E-state index contributed by atoms with van der Waals surface area (Å²) in [5.74, 6) is 0.921. The van der Waals surface area contributed by atoms with Crippen LogP contribution in [0.1, 0.15) is 33.6 Å². The zero-order valence-electron chi connectivity index (χ0n) is 13.7. The van der Waals surface area contributed by atoms with Crippen molar-refractivity contribution in [2.75, 3.05) is 0 Å². The maximum absolute atomic E-state index is 12.0. The molecule has 7 heteroatoms. The highest BCUT2D eigenvalue weighted by atomic mass is 35.5. The van der Waals surface area contributed by atoms with Crippen molar-refractivity contribution >= 4 is 17.5 Å². The van der Waals surface area contributed by atoms with E-state index in [1.165, 1.54) is 4.80 Å². The van der Waals surface area contributed by atoms with Gasteiger partial charge in [-0.05, 0) is 43.0 Å². The number of hydrogen-bond acceptors (Lipinski definition) is 4. The second kappa shape index (κ2) is 8.06. The van der Waals surface area contributed by atoms with E-state index in [1.807, 2.05) is 25.1 Å². The monoisotopic (exact) mass is 335 g/mol. The van der Waals surface area contributed by atoms with E-state index < -0.39 is 0 Å². The molecule has 0 bridgehead atoms. The standard InChI is InChI=1S/C16H22ClN5O/c1-11(2)8-9-12(3)18-15(23)10-22-20-16(19-21-22)13-6-4-5-7-14(13)17/h4-7,11-12H,8-10H2,1-3H3,(H,18,23)/t12-/m1/s1. The Hall–Kier alpha value is -1.95. The molecule has 0 aliphatic heterocycles. The Morgan fingerprint density at radius 2 is 2.00 bits per heavy atom. The number of hydrogen-bond donors (Lipinski definition) is 1. The van der Waals surface area contributed by atoms with E-state index in [0.717, 1.165) is 12.8 Å². The highest BCUT2D eigenvalue weighted by molar-refractivity contribution is 6.33. The van der Waals surface area contributed by atoms with Gasteiger partial charge in [0, 0.05) is 11.6 Å². The van der Waals surface area contributed by atoms with Crippen molar-refractivity contribution in [3.8, 4) is 11.4 Å². The molecule has 124 valence electrons. The molecule has 23 heavy (non-hydrogen) atoms. The van der Waals surface area contributed by atoms with E-state index in [4.69, 9.17) is 11.6 Å². The van der Waals surface area contributed by atoms with Crippen LogP contribution >= 0.6 is 11.6 Å². The Balaban J connectivity index is 1.91. The van der Waals surface area contributed by atoms with E-state index in [9.17, 15) is 4.79 Å². The quantitative estimate of drug-likeness (QED) is 0.844. The number of benzene rings is 1. The van der Waals surface area contributed by atoms with Crippen molar-refractivity contribution in [1.82, 2.24) is 25.5 Å². The zero-order chi connectivity index (χ0) is 16.8. The Morgan fingerprint density at radius 1 is 1.26 bits per heavy atom. The molecule has 2 aromatic rings. The molecule has 0 saturated carbocycles. The minimum absolute atomic E-state index is 0.0451. The van der Waals surface area contributed by atoms with E-state index >= 15 is 0 Å². The molecule has 0 aliphatic rings. The molecule has 0 fully saturated rings. The van der Waals surface area contributed by atoms with Crippen LogP contribution in [0.2, 0.25) is 5.02 Å². The van der Waals surface area contributed by atoms with Gasteiger partial charge < -0.3 is 5.32 Å². The number of amides is 1. The average Bonchev–Trinajstić information content (AvgIpc) is 2.93. The molecule has 0 spiro atoms. The minimum Gasteiger partial charge on any atom is -0.352 e. The summed E-state index contributed by atoms with van der Waals surface area (Å²) >= 11 is 6.11. The molecule has 6 nitrogen and oxygen atoms in total. The van der Waals surface area contributed by atoms with Gasteiger partial charge in [-0.3, -0.25) is 4.79 Å². The van der Waals surface area contributed by atoms with Gasteiger partial charge in [-0.1, -0.05) is 37.6 Å². The lowest BCUT2D eigenvalue weighted by atomic mass is 10.0. The van der Waals surface area contributed by atoms with Crippen molar-refractivity contribution in [2.45, 2.75) is 46.2 Å². The van der Waals surface area contributed by atoms with Crippen molar-refractivity contribution in [3.63, 3.8) is 0 Å². The maximum Gasteiger partial charge on any atom is 0.243 e. The molecule has 1 aromatic heterocycles. The van der Waals surface area contributed by atoms with E-state index in [0.29, 0.717) is 22.3 Å². The van der Waals surface area contributed by atoms with Crippen LogP contribution in [-0.4, -0.2) is 32.2 Å². The van der Waals surface area contributed by atoms with Gasteiger partial charge >= 0.3 is 0 Å². The predicted molar refractivity (Wildman–Crippen MR) is 89.9 cm³/mol. The maximum atomic E-state index is 12.0. The van der Waals surface area contributed by atoms with Gasteiger partial charge in [0.15, 0.2) is 0 Å². The van der Waals surface area contributed by atoms with E-state index in [2.05, 4.69) is 34.6 Å². The fourth-order valence-corrected chi connectivity index (χ4v) is 2.39. The topological polar surface area (TPSA) is 72.7 Å². The fourth-order valence-electron chi connectivity index (χ4n) is 2.16. The number of halogens is 1. The number of aromatic nitrogens is 4. The summed E-state index contributed by atoms with van der Waals surface area (Å²) in [6.45, 7) is 6.39. The summed E-state index contributed by atoms with van der Waals surface area (Å²) in [5.41, 5.74) is 0.700. The lowest BCUT2D eigenvalue weighted by Gasteiger charge is -2.14.